The standard InChI is InChI=1S/C43H81NO2/c1-5-9-11-13-15-17-19-21-23-25-27-29-31-33-35-37-39-45-42-43(41-44(7-3)8-4)46-40-38-36-34-32-30-28-26-24-22-20-18-16-14-12-10-6-2/h15-18,21-24,43H,5-14,19-20,25-42H2,1-4H3/b17-15-,18-16-,23-21-,24-22-. The van der Waals surface area contributed by atoms with E-state index >= 15 is 0 Å². The Bertz CT molecular complexity index is 678. The van der Waals surface area contributed by atoms with Gasteiger partial charge in [-0.15, -0.1) is 0 Å². The smallest absolute Gasteiger partial charge is 0.0934 e. The number of unbranched alkanes of at least 4 members (excludes halogenated alkanes) is 18. The van der Waals surface area contributed by atoms with E-state index in [1.165, 1.54) is 141 Å². The molecule has 46 heavy (non-hydrogen) atoms. The Hall–Kier alpha value is -1.16. The maximum absolute atomic E-state index is 6.34. The molecule has 0 aliphatic carbocycles. The summed E-state index contributed by atoms with van der Waals surface area (Å²) in [7, 11) is 0. The van der Waals surface area contributed by atoms with E-state index in [2.05, 4.69) is 81.2 Å². The van der Waals surface area contributed by atoms with E-state index in [9.17, 15) is 0 Å². The zero-order chi connectivity index (χ0) is 33.4. The average molecular weight is 644 g/mol. The fourth-order valence-electron chi connectivity index (χ4n) is 5.67. The van der Waals surface area contributed by atoms with Gasteiger partial charge in [-0.1, -0.05) is 153 Å². The molecular weight excluding hydrogens is 562 g/mol. The summed E-state index contributed by atoms with van der Waals surface area (Å²) in [4.78, 5) is 2.47. The predicted molar refractivity (Wildman–Crippen MR) is 207 cm³/mol. The molecule has 0 heterocycles. The van der Waals surface area contributed by atoms with Crippen LogP contribution in [0.3, 0.4) is 0 Å². The molecule has 0 fully saturated rings. The van der Waals surface area contributed by atoms with Gasteiger partial charge in [-0.3, -0.25) is 0 Å². The Kier molecular flexibility index (Phi) is 39.0. The third kappa shape index (κ3) is 35.7. The topological polar surface area (TPSA) is 21.7 Å². The van der Waals surface area contributed by atoms with Crippen LogP contribution in [0.2, 0.25) is 0 Å². The molecule has 0 aromatic rings. The van der Waals surface area contributed by atoms with Crippen molar-refractivity contribution in [1.82, 2.24) is 4.90 Å². The van der Waals surface area contributed by atoms with Crippen LogP contribution in [-0.4, -0.2) is 50.5 Å². The van der Waals surface area contributed by atoms with Crippen LogP contribution in [0.15, 0.2) is 48.6 Å². The number of likely N-dealkylation sites (N-methyl/N-ethyl adjacent to an activating group) is 1. The molecule has 3 nitrogen and oxygen atoms in total. The van der Waals surface area contributed by atoms with Crippen LogP contribution in [0, 0.1) is 0 Å². The highest BCUT2D eigenvalue weighted by Crippen LogP contribution is 2.11. The summed E-state index contributed by atoms with van der Waals surface area (Å²) in [5.74, 6) is 0. The first-order chi connectivity index (χ1) is 22.8. The Morgan fingerprint density at radius 2 is 0.826 bits per heavy atom. The van der Waals surface area contributed by atoms with Crippen LogP contribution < -0.4 is 0 Å². The van der Waals surface area contributed by atoms with E-state index in [1.54, 1.807) is 0 Å². The van der Waals surface area contributed by atoms with Gasteiger partial charge in [0.1, 0.15) is 0 Å². The third-order valence-electron chi connectivity index (χ3n) is 8.85. The van der Waals surface area contributed by atoms with Crippen LogP contribution in [0.4, 0.5) is 0 Å². The van der Waals surface area contributed by atoms with Gasteiger partial charge < -0.3 is 14.4 Å². The maximum atomic E-state index is 6.34. The van der Waals surface area contributed by atoms with Crippen molar-refractivity contribution in [2.24, 2.45) is 0 Å². The minimum absolute atomic E-state index is 0.197. The summed E-state index contributed by atoms with van der Waals surface area (Å²) in [6.45, 7) is 14.6. The third-order valence-corrected chi connectivity index (χ3v) is 8.85. The van der Waals surface area contributed by atoms with E-state index in [0.717, 1.165) is 52.3 Å². The van der Waals surface area contributed by atoms with Crippen molar-refractivity contribution in [1.29, 1.82) is 0 Å². The molecule has 0 saturated carbocycles. The summed E-state index contributed by atoms with van der Waals surface area (Å²) in [5, 5.41) is 0. The number of allylic oxidation sites excluding steroid dienone is 8. The molecule has 0 saturated heterocycles. The van der Waals surface area contributed by atoms with Crippen LogP contribution in [0.1, 0.15) is 182 Å². The van der Waals surface area contributed by atoms with E-state index in [0.29, 0.717) is 0 Å². The lowest BCUT2D eigenvalue weighted by molar-refractivity contribution is -0.0332. The molecule has 0 aliphatic heterocycles. The van der Waals surface area contributed by atoms with Crippen molar-refractivity contribution in [3.05, 3.63) is 48.6 Å². The van der Waals surface area contributed by atoms with Crippen LogP contribution >= 0.6 is 0 Å². The number of ether oxygens (including phenoxy) is 2. The Labute approximate surface area is 289 Å². The Balaban J connectivity index is 3.76. The second-order valence-electron chi connectivity index (χ2n) is 13.2. The van der Waals surface area contributed by atoms with E-state index < -0.39 is 0 Å². The van der Waals surface area contributed by atoms with Crippen LogP contribution in [0.25, 0.3) is 0 Å². The number of rotatable bonds is 37. The Morgan fingerprint density at radius 1 is 0.435 bits per heavy atom. The lowest BCUT2D eigenvalue weighted by Gasteiger charge is -2.25. The fraction of sp³-hybridized carbons (Fsp3) is 0.814. The summed E-state index contributed by atoms with van der Waals surface area (Å²) < 4.78 is 12.5. The lowest BCUT2D eigenvalue weighted by Crippen LogP contribution is -2.36. The van der Waals surface area contributed by atoms with Gasteiger partial charge in [0.05, 0.1) is 12.7 Å². The van der Waals surface area contributed by atoms with E-state index in [1.807, 2.05) is 0 Å². The quantitative estimate of drug-likeness (QED) is 0.0496. The molecule has 0 aliphatic rings. The van der Waals surface area contributed by atoms with Crippen molar-refractivity contribution in [2.75, 3.05) is 39.5 Å². The monoisotopic (exact) mass is 644 g/mol. The zero-order valence-corrected chi connectivity index (χ0v) is 31.7. The molecule has 0 amide bonds. The molecule has 3 heteroatoms. The first kappa shape index (κ1) is 44.8. The molecule has 0 bridgehead atoms. The minimum atomic E-state index is 0.197. The zero-order valence-electron chi connectivity index (χ0n) is 31.7. The van der Waals surface area contributed by atoms with Gasteiger partial charge in [0.25, 0.3) is 0 Å². The van der Waals surface area contributed by atoms with Gasteiger partial charge >= 0.3 is 0 Å². The highest BCUT2D eigenvalue weighted by molar-refractivity contribution is 4.93. The van der Waals surface area contributed by atoms with Gasteiger partial charge in [0.15, 0.2) is 0 Å². The first-order valence-electron chi connectivity index (χ1n) is 20.3. The molecule has 270 valence electrons. The summed E-state index contributed by atoms with van der Waals surface area (Å²) in [6, 6.07) is 0. The van der Waals surface area contributed by atoms with Crippen molar-refractivity contribution in [3.63, 3.8) is 0 Å². The van der Waals surface area contributed by atoms with E-state index in [-0.39, 0.29) is 6.10 Å². The highest BCUT2D eigenvalue weighted by Gasteiger charge is 2.13. The summed E-state index contributed by atoms with van der Waals surface area (Å²) in [6.07, 6.45) is 49.8. The van der Waals surface area contributed by atoms with Crippen molar-refractivity contribution in [2.45, 2.75) is 188 Å². The second-order valence-corrected chi connectivity index (χ2v) is 13.2. The molecule has 0 radical (unpaired) electrons. The number of nitrogens with zero attached hydrogens (tertiary/aromatic N) is 1. The number of hydrogen-bond acceptors (Lipinski definition) is 3. The molecule has 0 aromatic heterocycles. The molecular formula is C43H81NO2. The highest BCUT2D eigenvalue weighted by atomic mass is 16.5. The predicted octanol–water partition coefficient (Wildman–Crippen LogP) is 13.4. The number of hydrogen-bond donors (Lipinski definition) is 0. The van der Waals surface area contributed by atoms with Gasteiger partial charge in [-0.25, -0.2) is 0 Å². The minimum Gasteiger partial charge on any atom is -0.379 e. The van der Waals surface area contributed by atoms with Gasteiger partial charge in [-0.05, 0) is 90.1 Å². The van der Waals surface area contributed by atoms with Gasteiger partial charge in [0, 0.05) is 19.8 Å². The summed E-state index contributed by atoms with van der Waals surface area (Å²) >= 11 is 0. The van der Waals surface area contributed by atoms with Gasteiger partial charge in [-0.2, -0.15) is 0 Å². The fourth-order valence-corrected chi connectivity index (χ4v) is 5.67. The average Bonchev–Trinajstić information content (AvgIpc) is 3.07. The maximum Gasteiger partial charge on any atom is 0.0934 e. The normalized spacial score (nSPS) is 13.2. The molecule has 1 atom stereocenters. The molecule has 0 spiro atoms. The molecule has 0 N–H and O–H groups in total. The van der Waals surface area contributed by atoms with Crippen molar-refractivity contribution in [3.8, 4) is 0 Å². The first-order valence-corrected chi connectivity index (χ1v) is 20.3. The molecule has 0 aromatic carbocycles. The van der Waals surface area contributed by atoms with Gasteiger partial charge in [0.2, 0.25) is 0 Å². The molecule has 0 rings (SSSR count). The Morgan fingerprint density at radius 3 is 1.26 bits per heavy atom. The second kappa shape index (κ2) is 40.0. The SMILES string of the molecule is CCCCC/C=C\C/C=C\CCCCCCCCOCC(CN(CC)CC)OCCCCCCCC/C=C\C/C=C\CCCCC. The molecule has 1 unspecified atom stereocenters. The summed E-state index contributed by atoms with van der Waals surface area (Å²) in [5.41, 5.74) is 0. The lowest BCUT2D eigenvalue weighted by atomic mass is 10.1. The van der Waals surface area contributed by atoms with Crippen molar-refractivity contribution >= 4 is 0 Å². The van der Waals surface area contributed by atoms with Crippen LogP contribution in [0.5, 0.6) is 0 Å². The van der Waals surface area contributed by atoms with E-state index in [4.69, 9.17) is 9.47 Å². The van der Waals surface area contributed by atoms with Crippen LogP contribution in [-0.2, 0) is 9.47 Å². The largest absolute Gasteiger partial charge is 0.379 e. The van der Waals surface area contributed by atoms with Crippen molar-refractivity contribution < 1.29 is 9.47 Å².